The number of pyridine rings is 2. The first-order chi connectivity index (χ1) is 16.7. The maximum atomic E-state index is 14.1. The minimum atomic E-state index is -4.59. The predicted octanol–water partition coefficient (Wildman–Crippen LogP) is 4.33. The van der Waals surface area contributed by atoms with Crippen LogP contribution in [0.1, 0.15) is 55.7 Å². The lowest BCUT2D eigenvalue weighted by atomic mass is 10.0. The van der Waals surface area contributed by atoms with Crippen LogP contribution >= 0.6 is 0 Å². The number of nitrogens with zero attached hydrogens (tertiary/aromatic N) is 3. The Balaban J connectivity index is 1.79. The Morgan fingerprint density at radius 3 is 2.39 bits per heavy atom. The Hall–Kier alpha value is -3.57. The molecule has 194 valence electrons. The number of aromatic nitrogens is 2. The number of nitrogens with one attached hydrogen (secondary N) is 1. The van der Waals surface area contributed by atoms with E-state index in [4.69, 9.17) is 4.74 Å². The van der Waals surface area contributed by atoms with E-state index in [1.165, 1.54) is 25.3 Å². The van der Waals surface area contributed by atoms with E-state index < -0.39 is 41.7 Å². The average molecular weight is 510 g/mol. The van der Waals surface area contributed by atoms with Crippen LogP contribution in [-0.2, 0) is 22.3 Å². The first kappa shape index (κ1) is 27.0. The van der Waals surface area contributed by atoms with Crippen LogP contribution in [0, 0.1) is 0 Å². The third-order valence-corrected chi connectivity index (χ3v) is 5.35. The Bertz CT molecular complexity index is 1150. The number of carbonyl (C=O) groups excluding carboxylic acids is 3. The van der Waals surface area contributed by atoms with Crippen molar-refractivity contribution in [2.75, 3.05) is 6.54 Å². The third kappa shape index (κ3) is 6.55. The lowest BCUT2D eigenvalue weighted by molar-refractivity contribution is -0.141. The molecule has 1 aliphatic rings. The van der Waals surface area contributed by atoms with Crippen LogP contribution in [-0.4, -0.2) is 57.0 Å². The van der Waals surface area contributed by atoms with Crippen molar-refractivity contribution in [1.82, 2.24) is 20.2 Å². The fraction of sp³-hybridized carbons (Fsp3) is 0.458. The molecule has 0 spiro atoms. The van der Waals surface area contributed by atoms with E-state index in [-0.39, 0.29) is 42.1 Å². The zero-order chi connectivity index (χ0) is 26.8. The zero-order valence-electron chi connectivity index (χ0n) is 20.1. The number of hydrogen-bond acceptors (Lipinski definition) is 6. The Kier molecular flexibility index (Phi) is 7.65. The van der Waals surface area contributed by atoms with E-state index in [9.17, 15) is 31.9 Å². The summed E-state index contributed by atoms with van der Waals surface area (Å²) in [7, 11) is 0. The van der Waals surface area contributed by atoms with Gasteiger partial charge in [-0.3, -0.25) is 24.5 Å². The molecule has 0 aromatic carbocycles. The number of halogens is 4. The zero-order valence-corrected chi connectivity index (χ0v) is 20.1. The summed E-state index contributed by atoms with van der Waals surface area (Å²) >= 11 is 0. The van der Waals surface area contributed by atoms with Gasteiger partial charge in [-0.05, 0) is 51.5 Å². The van der Waals surface area contributed by atoms with Crippen molar-refractivity contribution < 1.29 is 36.7 Å². The van der Waals surface area contributed by atoms with Crippen molar-refractivity contribution in [2.45, 2.75) is 64.7 Å². The van der Waals surface area contributed by atoms with Crippen molar-refractivity contribution in [1.29, 1.82) is 0 Å². The molecule has 1 N–H and O–H groups in total. The lowest BCUT2D eigenvalue weighted by Gasteiger charge is -2.27. The van der Waals surface area contributed by atoms with Gasteiger partial charge in [-0.25, -0.2) is 9.18 Å². The Morgan fingerprint density at radius 2 is 1.83 bits per heavy atom. The van der Waals surface area contributed by atoms with Gasteiger partial charge in [0.25, 0.3) is 0 Å². The molecule has 2 amide bonds. The van der Waals surface area contributed by atoms with Gasteiger partial charge in [0.1, 0.15) is 23.5 Å². The highest BCUT2D eigenvalue weighted by molar-refractivity contribution is 5.96. The Morgan fingerprint density at radius 1 is 1.14 bits per heavy atom. The van der Waals surface area contributed by atoms with Crippen LogP contribution in [0.15, 0.2) is 30.6 Å². The molecular weight excluding hydrogens is 484 g/mol. The smallest absolute Gasteiger partial charge is 0.433 e. The topological polar surface area (TPSA) is 101 Å². The molecular formula is C24H26F4N4O4. The minimum absolute atomic E-state index is 0.160. The molecule has 2 atom stereocenters. The van der Waals surface area contributed by atoms with Crippen LogP contribution in [0.2, 0.25) is 0 Å². The van der Waals surface area contributed by atoms with E-state index in [2.05, 4.69) is 15.3 Å². The molecule has 0 saturated carbocycles. The van der Waals surface area contributed by atoms with Crippen LogP contribution in [0.4, 0.5) is 22.4 Å². The van der Waals surface area contributed by atoms with Gasteiger partial charge in [0.2, 0.25) is 5.91 Å². The van der Waals surface area contributed by atoms with E-state index in [0.29, 0.717) is 5.56 Å². The summed E-state index contributed by atoms with van der Waals surface area (Å²) in [6.45, 7) is 5.81. The molecule has 0 unspecified atom stereocenters. The summed E-state index contributed by atoms with van der Waals surface area (Å²) in [4.78, 5) is 46.0. The van der Waals surface area contributed by atoms with Gasteiger partial charge < -0.3 is 10.1 Å². The van der Waals surface area contributed by atoms with Crippen molar-refractivity contribution in [2.24, 2.45) is 0 Å². The number of amides is 2. The first-order valence-electron chi connectivity index (χ1n) is 11.1. The van der Waals surface area contributed by atoms with E-state index in [1.807, 2.05) is 0 Å². The van der Waals surface area contributed by atoms with Gasteiger partial charge in [-0.15, -0.1) is 0 Å². The van der Waals surface area contributed by atoms with Gasteiger partial charge in [0.05, 0.1) is 12.2 Å². The van der Waals surface area contributed by atoms with Crippen LogP contribution in [0.5, 0.6) is 0 Å². The maximum absolute atomic E-state index is 14.1. The number of carbonyl (C=O) groups is 3. The molecule has 3 rings (SSSR count). The molecule has 1 saturated heterocycles. The number of likely N-dealkylation sites (tertiary alicyclic amines) is 1. The average Bonchev–Trinajstić information content (AvgIpc) is 3.17. The van der Waals surface area contributed by atoms with Crippen LogP contribution < -0.4 is 5.32 Å². The molecule has 1 aliphatic heterocycles. The normalized spacial score (nSPS) is 18.2. The fourth-order valence-electron chi connectivity index (χ4n) is 3.69. The fourth-order valence-corrected chi connectivity index (χ4v) is 3.69. The molecule has 0 radical (unpaired) electrons. The molecule has 2 aromatic rings. The summed E-state index contributed by atoms with van der Waals surface area (Å²) in [5.74, 6) is -0.978. The molecule has 0 aliphatic carbocycles. The van der Waals surface area contributed by atoms with E-state index in [1.54, 1.807) is 20.8 Å². The lowest BCUT2D eigenvalue weighted by Crippen LogP contribution is -2.47. The number of hydrogen-bond donors (Lipinski definition) is 1. The number of rotatable bonds is 5. The molecule has 36 heavy (non-hydrogen) atoms. The molecule has 3 heterocycles. The molecule has 8 nitrogen and oxygen atoms in total. The summed E-state index contributed by atoms with van der Waals surface area (Å²) in [6.07, 6.45) is -4.74. The van der Waals surface area contributed by atoms with Gasteiger partial charge in [0.15, 0.2) is 5.78 Å². The molecule has 12 heteroatoms. The van der Waals surface area contributed by atoms with Gasteiger partial charge in [-0.1, -0.05) is 0 Å². The second-order valence-corrected chi connectivity index (χ2v) is 9.41. The molecule has 0 bridgehead atoms. The largest absolute Gasteiger partial charge is 0.444 e. The van der Waals surface area contributed by atoms with Crippen molar-refractivity contribution in [3.63, 3.8) is 0 Å². The summed E-state index contributed by atoms with van der Waals surface area (Å²) in [5.41, 5.74) is -0.833. The van der Waals surface area contributed by atoms with Gasteiger partial charge in [-0.2, -0.15) is 13.2 Å². The summed E-state index contributed by atoms with van der Waals surface area (Å²) in [6, 6.07) is 2.37. The minimum Gasteiger partial charge on any atom is -0.444 e. The maximum Gasteiger partial charge on any atom is 0.433 e. The van der Waals surface area contributed by atoms with Gasteiger partial charge in [0, 0.05) is 36.5 Å². The SMILES string of the molecule is CC(=O)c1cnc(-c2ccc(C(F)(F)F)nc2)cc1CNC(=O)[C@@H]1C[C@@H](F)CN1C(=O)OC(C)(C)C. The number of alkyl halides is 4. The number of ether oxygens (including phenoxy) is 1. The monoisotopic (exact) mass is 510 g/mol. The summed E-state index contributed by atoms with van der Waals surface area (Å²) in [5, 5.41) is 2.61. The number of ketones is 1. The molecule has 1 fully saturated rings. The third-order valence-electron chi connectivity index (χ3n) is 5.35. The highest BCUT2D eigenvalue weighted by atomic mass is 19.4. The van der Waals surface area contributed by atoms with Crippen LogP contribution in [0.25, 0.3) is 11.3 Å². The second kappa shape index (κ2) is 10.2. The first-order valence-corrected chi connectivity index (χ1v) is 11.1. The second-order valence-electron chi connectivity index (χ2n) is 9.41. The quantitative estimate of drug-likeness (QED) is 0.475. The highest BCUT2D eigenvalue weighted by Gasteiger charge is 2.41. The Labute approximate surface area is 205 Å². The van der Waals surface area contributed by atoms with Crippen molar-refractivity contribution in [3.05, 3.63) is 47.4 Å². The van der Waals surface area contributed by atoms with E-state index >= 15 is 0 Å². The standard InChI is InChI=1S/C24H26F4N4O4/c1-13(33)17-11-29-18(14-5-6-20(30-9-14)24(26,27)28)7-15(17)10-31-21(34)19-8-16(25)12-32(19)22(35)36-23(2,3)4/h5-7,9,11,16,19H,8,10,12H2,1-4H3,(H,31,34)/t16-,19+/m1/s1. The van der Waals surface area contributed by atoms with Crippen molar-refractivity contribution >= 4 is 17.8 Å². The predicted molar refractivity (Wildman–Crippen MR) is 121 cm³/mol. The van der Waals surface area contributed by atoms with Crippen molar-refractivity contribution in [3.8, 4) is 11.3 Å². The van der Waals surface area contributed by atoms with Crippen LogP contribution in [0.3, 0.4) is 0 Å². The van der Waals surface area contributed by atoms with E-state index in [0.717, 1.165) is 17.2 Å². The van der Waals surface area contributed by atoms with Gasteiger partial charge >= 0.3 is 12.3 Å². The summed E-state index contributed by atoms with van der Waals surface area (Å²) < 4.78 is 57.8. The highest BCUT2D eigenvalue weighted by Crippen LogP contribution is 2.29. The number of Topliss-reactive ketones (excluding diaryl/α,β-unsaturated/α-hetero) is 1. The molecule has 2 aromatic heterocycles.